The van der Waals surface area contributed by atoms with Gasteiger partial charge in [0.25, 0.3) is 0 Å². The molecule has 0 aliphatic carbocycles. The standard InChI is InChI=1S/C13H26N2OS.ClH/c1-3-4-8-12(14)13(16)15-9-6-5-7-11(10-15)17-2;/h11-12H,3-10,14H2,1-2H3;1H. The molecule has 18 heavy (non-hydrogen) atoms. The molecule has 1 fully saturated rings. The molecule has 1 aliphatic heterocycles. The molecule has 3 nitrogen and oxygen atoms in total. The van der Waals surface area contributed by atoms with Gasteiger partial charge in [-0.3, -0.25) is 4.79 Å². The lowest BCUT2D eigenvalue weighted by Gasteiger charge is -2.26. The molecule has 2 N–H and O–H groups in total. The molecule has 1 rings (SSSR count). The predicted molar refractivity (Wildman–Crippen MR) is 82.5 cm³/mol. The highest BCUT2D eigenvalue weighted by Crippen LogP contribution is 2.20. The van der Waals surface area contributed by atoms with Gasteiger partial charge in [-0.2, -0.15) is 11.8 Å². The van der Waals surface area contributed by atoms with E-state index < -0.39 is 0 Å². The van der Waals surface area contributed by atoms with Crippen LogP contribution in [0.1, 0.15) is 45.4 Å². The number of rotatable bonds is 5. The smallest absolute Gasteiger partial charge is 0.239 e. The zero-order valence-corrected chi connectivity index (χ0v) is 13.2. The molecule has 1 amide bonds. The maximum Gasteiger partial charge on any atom is 0.239 e. The summed E-state index contributed by atoms with van der Waals surface area (Å²) in [5.74, 6) is 0.166. The molecule has 2 unspecified atom stereocenters. The number of hydrogen-bond donors (Lipinski definition) is 1. The van der Waals surface area contributed by atoms with E-state index in [4.69, 9.17) is 5.73 Å². The first kappa shape index (κ1) is 18.1. The molecule has 0 saturated carbocycles. The summed E-state index contributed by atoms with van der Waals surface area (Å²) in [6, 6.07) is -0.282. The molecule has 0 aromatic heterocycles. The van der Waals surface area contributed by atoms with Crippen molar-refractivity contribution in [1.29, 1.82) is 0 Å². The van der Waals surface area contributed by atoms with E-state index in [1.165, 1.54) is 12.8 Å². The van der Waals surface area contributed by atoms with E-state index >= 15 is 0 Å². The van der Waals surface area contributed by atoms with Gasteiger partial charge in [0.1, 0.15) is 0 Å². The van der Waals surface area contributed by atoms with Crippen molar-refractivity contribution >= 4 is 30.1 Å². The summed E-state index contributed by atoms with van der Waals surface area (Å²) in [7, 11) is 0. The van der Waals surface area contributed by atoms with Gasteiger partial charge in [0.2, 0.25) is 5.91 Å². The molecule has 0 aromatic rings. The maximum absolute atomic E-state index is 12.2. The fraction of sp³-hybridized carbons (Fsp3) is 0.923. The Morgan fingerprint density at radius 2 is 2.22 bits per heavy atom. The summed E-state index contributed by atoms with van der Waals surface area (Å²) in [4.78, 5) is 14.2. The normalized spacial score (nSPS) is 21.9. The molecule has 108 valence electrons. The van der Waals surface area contributed by atoms with E-state index in [0.29, 0.717) is 5.25 Å². The lowest BCUT2D eigenvalue weighted by molar-refractivity contribution is -0.132. The van der Waals surface area contributed by atoms with Crippen LogP contribution in [0.2, 0.25) is 0 Å². The van der Waals surface area contributed by atoms with E-state index in [2.05, 4.69) is 13.2 Å². The molecule has 0 spiro atoms. The largest absolute Gasteiger partial charge is 0.340 e. The first-order chi connectivity index (χ1) is 8.19. The van der Waals surface area contributed by atoms with Crippen LogP contribution >= 0.6 is 24.2 Å². The highest BCUT2D eigenvalue weighted by atomic mass is 35.5. The van der Waals surface area contributed by atoms with Crippen molar-refractivity contribution in [2.75, 3.05) is 19.3 Å². The van der Waals surface area contributed by atoms with Gasteiger partial charge >= 0.3 is 0 Å². The number of thioether (sulfide) groups is 1. The fourth-order valence-corrected chi connectivity index (χ4v) is 3.01. The minimum Gasteiger partial charge on any atom is -0.340 e. The highest BCUT2D eigenvalue weighted by molar-refractivity contribution is 7.99. The SMILES string of the molecule is CCCCC(N)C(=O)N1CCCCC(SC)C1.Cl. The van der Waals surface area contributed by atoms with Crippen LogP contribution < -0.4 is 5.73 Å². The van der Waals surface area contributed by atoms with Gasteiger partial charge in [0.15, 0.2) is 0 Å². The maximum atomic E-state index is 12.2. The van der Waals surface area contributed by atoms with Gasteiger partial charge in [-0.25, -0.2) is 0 Å². The molecule has 1 heterocycles. The van der Waals surface area contributed by atoms with Gasteiger partial charge in [0, 0.05) is 18.3 Å². The van der Waals surface area contributed by atoms with E-state index in [-0.39, 0.29) is 24.4 Å². The number of likely N-dealkylation sites (tertiary alicyclic amines) is 1. The van der Waals surface area contributed by atoms with Gasteiger partial charge in [-0.1, -0.05) is 26.2 Å². The predicted octanol–water partition coefficient (Wildman–Crippen LogP) is 2.67. The molecule has 1 saturated heterocycles. The molecular weight excluding hydrogens is 268 g/mol. The van der Waals surface area contributed by atoms with Gasteiger partial charge in [-0.05, 0) is 25.5 Å². The Bertz CT molecular complexity index is 241. The summed E-state index contributed by atoms with van der Waals surface area (Å²) in [6.45, 7) is 3.92. The lowest BCUT2D eigenvalue weighted by atomic mass is 10.1. The van der Waals surface area contributed by atoms with Crippen LogP contribution in [0.25, 0.3) is 0 Å². The molecule has 1 aliphatic rings. The molecular formula is C13H27ClN2OS. The second-order valence-corrected chi connectivity index (χ2v) is 6.02. The second kappa shape index (κ2) is 9.93. The van der Waals surface area contributed by atoms with Crippen molar-refractivity contribution in [3.8, 4) is 0 Å². The van der Waals surface area contributed by atoms with E-state index in [1.807, 2.05) is 16.7 Å². The number of amides is 1. The molecule has 0 bridgehead atoms. The Kier molecular flexibility index (Phi) is 9.97. The molecule has 0 radical (unpaired) electrons. The van der Waals surface area contributed by atoms with Crippen LogP contribution in [0.3, 0.4) is 0 Å². The Morgan fingerprint density at radius 1 is 1.50 bits per heavy atom. The summed E-state index contributed by atoms with van der Waals surface area (Å²) in [5.41, 5.74) is 5.97. The van der Waals surface area contributed by atoms with Crippen molar-refractivity contribution in [2.45, 2.75) is 56.7 Å². The van der Waals surface area contributed by atoms with E-state index in [1.54, 1.807) is 0 Å². The number of unbranched alkanes of at least 4 members (excludes halogenated alkanes) is 1. The number of halogens is 1. The van der Waals surface area contributed by atoms with Crippen LogP contribution in [0.4, 0.5) is 0 Å². The minimum absolute atomic E-state index is 0. The summed E-state index contributed by atoms with van der Waals surface area (Å²) >= 11 is 1.88. The summed E-state index contributed by atoms with van der Waals surface area (Å²) in [5, 5.41) is 0.597. The third-order valence-electron chi connectivity index (χ3n) is 3.46. The highest BCUT2D eigenvalue weighted by Gasteiger charge is 2.24. The van der Waals surface area contributed by atoms with Crippen molar-refractivity contribution < 1.29 is 4.79 Å². The minimum atomic E-state index is -0.282. The molecule has 2 atom stereocenters. The van der Waals surface area contributed by atoms with Crippen LogP contribution in [-0.2, 0) is 4.79 Å². The second-order valence-electron chi connectivity index (χ2n) is 4.89. The quantitative estimate of drug-likeness (QED) is 0.848. The topological polar surface area (TPSA) is 46.3 Å². The van der Waals surface area contributed by atoms with Crippen LogP contribution in [0, 0.1) is 0 Å². The average Bonchev–Trinajstić information content (AvgIpc) is 2.60. The molecule has 5 heteroatoms. The Labute approximate surface area is 122 Å². The average molecular weight is 295 g/mol. The first-order valence-electron chi connectivity index (χ1n) is 6.76. The number of hydrogen-bond acceptors (Lipinski definition) is 3. The van der Waals surface area contributed by atoms with E-state index in [9.17, 15) is 4.79 Å². The van der Waals surface area contributed by atoms with Crippen LogP contribution in [0.5, 0.6) is 0 Å². The van der Waals surface area contributed by atoms with Crippen molar-refractivity contribution in [3.05, 3.63) is 0 Å². The summed E-state index contributed by atoms with van der Waals surface area (Å²) < 4.78 is 0. The first-order valence-corrected chi connectivity index (χ1v) is 8.05. The fourth-order valence-electron chi connectivity index (χ4n) is 2.28. The number of carbonyl (C=O) groups excluding carboxylic acids is 1. The third kappa shape index (κ3) is 5.81. The Morgan fingerprint density at radius 3 is 2.83 bits per heavy atom. The number of nitrogens with zero attached hydrogens (tertiary/aromatic N) is 1. The number of nitrogens with two attached hydrogens (primary N) is 1. The van der Waals surface area contributed by atoms with Gasteiger partial charge < -0.3 is 10.6 Å². The molecule has 0 aromatic carbocycles. The zero-order valence-electron chi connectivity index (χ0n) is 11.6. The monoisotopic (exact) mass is 294 g/mol. The zero-order chi connectivity index (χ0) is 12.7. The van der Waals surface area contributed by atoms with Crippen molar-refractivity contribution in [1.82, 2.24) is 4.90 Å². The van der Waals surface area contributed by atoms with Crippen LogP contribution in [-0.4, -0.2) is 41.4 Å². The Balaban J connectivity index is 0.00000289. The summed E-state index contributed by atoms with van der Waals surface area (Å²) in [6.07, 6.45) is 8.71. The van der Waals surface area contributed by atoms with Crippen molar-refractivity contribution in [2.24, 2.45) is 5.73 Å². The lowest BCUT2D eigenvalue weighted by Crippen LogP contribution is -2.45. The van der Waals surface area contributed by atoms with Crippen molar-refractivity contribution in [3.63, 3.8) is 0 Å². The van der Waals surface area contributed by atoms with Crippen LogP contribution in [0.15, 0.2) is 0 Å². The van der Waals surface area contributed by atoms with E-state index in [0.717, 1.165) is 38.8 Å². The number of carbonyl (C=O) groups is 1. The van der Waals surface area contributed by atoms with Gasteiger partial charge in [-0.15, -0.1) is 12.4 Å². The third-order valence-corrected chi connectivity index (χ3v) is 4.51. The Hall–Kier alpha value is 0.0700. The van der Waals surface area contributed by atoms with Gasteiger partial charge in [0.05, 0.1) is 6.04 Å².